The molecule has 0 atom stereocenters. The Labute approximate surface area is 117 Å². The normalized spacial score (nSPS) is 11.2. The van der Waals surface area contributed by atoms with Crippen LogP contribution in [-0.4, -0.2) is 41.2 Å². The third-order valence-electron chi connectivity index (χ3n) is 2.29. The first-order valence-corrected chi connectivity index (χ1v) is 7.14. The molecule has 0 heterocycles. The molecule has 0 aliphatic rings. The number of carbonyl (C=O) groups excluding carboxylic acids is 1. The third kappa shape index (κ3) is 4.68. The molecule has 0 aliphatic carbocycles. The zero-order valence-electron chi connectivity index (χ0n) is 11.0. The summed E-state index contributed by atoms with van der Waals surface area (Å²) in [7, 11) is -2.29. The molecule has 1 rings (SSSR count). The van der Waals surface area contributed by atoms with E-state index in [2.05, 4.69) is 4.72 Å². The van der Waals surface area contributed by atoms with Gasteiger partial charge in [0.25, 0.3) is 0 Å². The molecule has 0 spiro atoms. The van der Waals surface area contributed by atoms with Crippen molar-refractivity contribution in [3.05, 3.63) is 18.2 Å². The van der Waals surface area contributed by atoms with Crippen LogP contribution >= 0.6 is 0 Å². The number of nitrogen functional groups attached to an aromatic ring is 1. The van der Waals surface area contributed by atoms with Crippen molar-refractivity contribution in [1.29, 1.82) is 0 Å². The SMILES string of the molecule is COc1ccc(S(=O)(=O)NCCOCC(N)=O)c(N)c1. The summed E-state index contributed by atoms with van der Waals surface area (Å²) in [6.07, 6.45) is 0. The number of rotatable bonds is 8. The average Bonchev–Trinajstić information content (AvgIpc) is 2.37. The highest BCUT2D eigenvalue weighted by Crippen LogP contribution is 2.23. The monoisotopic (exact) mass is 303 g/mol. The van der Waals surface area contributed by atoms with Gasteiger partial charge in [-0.1, -0.05) is 0 Å². The van der Waals surface area contributed by atoms with Gasteiger partial charge in [-0.3, -0.25) is 4.79 Å². The van der Waals surface area contributed by atoms with E-state index >= 15 is 0 Å². The number of nitrogens with one attached hydrogen (secondary N) is 1. The van der Waals surface area contributed by atoms with Crippen LogP contribution in [0.3, 0.4) is 0 Å². The highest BCUT2D eigenvalue weighted by Gasteiger charge is 2.17. The molecule has 0 bridgehead atoms. The van der Waals surface area contributed by atoms with Gasteiger partial charge in [-0.2, -0.15) is 0 Å². The summed E-state index contributed by atoms with van der Waals surface area (Å²) in [5.41, 5.74) is 10.6. The number of carbonyl (C=O) groups is 1. The van der Waals surface area contributed by atoms with Crippen molar-refractivity contribution >= 4 is 21.6 Å². The van der Waals surface area contributed by atoms with Crippen molar-refractivity contribution in [2.24, 2.45) is 5.73 Å². The Morgan fingerprint density at radius 1 is 1.40 bits per heavy atom. The van der Waals surface area contributed by atoms with Crippen molar-refractivity contribution in [3.8, 4) is 5.75 Å². The summed E-state index contributed by atoms with van der Waals surface area (Å²) >= 11 is 0. The summed E-state index contributed by atoms with van der Waals surface area (Å²) in [6.45, 7) is -0.230. The molecular weight excluding hydrogens is 286 g/mol. The first kappa shape index (κ1) is 16.2. The Morgan fingerprint density at radius 2 is 2.10 bits per heavy atom. The summed E-state index contributed by atoms with van der Waals surface area (Å²) in [5, 5.41) is 0. The van der Waals surface area contributed by atoms with Crippen LogP contribution in [0.15, 0.2) is 23.1 Å². The van der Waals surface area contributed by atoms with Gasteiger partial charge in [-0.15, -0.1) is 0 Å². The number of ether oxygens (including phenoxy) is 2. The van der Waals surface area contributed by atoms with Gasteiger partial charge in [0.2, 0.25) is 15.9 Å². The van der Waals surface area contributed by atoms with Gasteiger partial charge >= 0.3 is 0 Å². The summed E-state index contributed by atoms with van der Waals surface area (Å²) < 4.78 is 36.0. The lowest BCUT2D eigenvalue weighted by atomic mass is 10.3. The molecule has 0 radical (unpaired) electrons. The summed E-state index contributed by atoms with van der Waals surface area (Å²) in [5.74, 6) is -0.154. The zero-order chi connectivity index (χ0) is 15.2. The maximum absolute atomic E-state index is 12.0. The fraction of sp³-hybridized carbons (Fsp3) is 0.364. The summed E-state index contributed by atoms with van der Waals surface area (Å²) in [6, 6.07) is 4.26. The average molecular weight is 303 g/mol. The Balaban J connectivity index is 2.62. The van der Waals surface area contributed by atoms with Crippen molar-refractivity contribution in [2.45, 2.75) is 4.90 Å². The van der Waals surface area contributed by atoms with E-state index in [0.717, 1.165) is 0 Å². The van der Waals surface area contributed by atoms with Gasteiger partial charge in [0.05, 0.1) is 19.4 Å². The second-order valence-corrected chi connectivity index (χ2v) is 5.56. The number of nitrogens with two attached hydrogens (primary N) is 2. The topological polar surface area (TPSA) is 134 Å². The lowest BCUT2D eigenvalue weighted by Crippen LogP contribution is -2.29. The molecule has 0 aliphatic heterocycles. The Hall–Kier alpha value is -1.84. The molecule has 0 saturated carbocycles. The van der Waals surface area contributed by atoms with Crippen LogP contribution in [0.25, 0.3) is 0 Å². The number of hydrogen-bond donors (Lipinski definition) is 3. The van der Waals surface area contributed by atoms with E-state index < -0.39 is 15.9 Å². The van der Waals surface area contributed by atoms with Gasteiger partial charge in [0, 0.05) is 12.6 Å². The van der Waals surface area contributed by atoms with Crippen LogP contribution in [-0.2, 0) is 19.6 Å². The van der Waals surface area contributed by atoms with Crippen LogP contribution in [0.5, 0.6) is 5.75 Å². The van der Waals surface area contributed by atoms with E-state index in [1.54, 1.807) is 0 Å². The van der Waals surface area contributed by atoms with Gasteiger partial charge < -0.3 is 20.9 Å². The van der Waals surface area contributed by atoms with Gasteiger partial charge in [-0.05, 0) is 12.1 Å². The van der Waals surface area contributed by atoms with E-state index in [1.807, 2.05) is 0 Å². The largest absolute Gasteiger partial charge is 0.497 e. The minimum Gasteiger partial charge on any atom is -0.497 e. The van der Waals surface area contributed by atoms with E-state index in [-0.39, 0.29) is 30.3 Å². The summed E-state index contributed by atoms with van der Waals surface area (Å²) in [4.78, 5) is 10.4. The fourth-order valence-electron chi connectivity index (χ4n) is 1.40. The first-order valence-electron chi connectivity index (χ1n) is 5.66. The fourth-order valence-corrected chi connectivity index (χ4v) is 2.52. The first-order chi connectivity index (χ1) is 9.36. The molecule has 112 valence electrons. The van der Waals surface area contributed by atoms with E-state index in [1.165, 1.54) is 25.3 Å². The number of amides is 1. The Kier molecular flexibility index (Phi) is 5.74. The zero-order valence-corrected chi connectivity index (χ0v) is 11.8. The predicted molar refractivity (Wildman–Crippen MR) is 72.6 cm³/mol. The highest BCUT2D eigenvalue weighted by atomic mass is 32.2. The molecule has 20 heavy (non-hydrogen) atoms. The standard InChI is InChI=1S/C11H17N3O5S/c1-18-8-2-3-10(9(12)6-8)20(16,17)14-4-5-19-7-11(13)15/h2-3,6,14H,4-5,7,12H2,1H3,(H2,13,15). The molecule has 0 fully saturated rings. The molecular formula is C11H17N3O5S. The molecule has 0 saturated heterocycles. The van der Waals surface area contributed by atoms with E-state index in [0.29, 0.717) is 5.75 Å². The van der Waals surface area contributed by atoms with Crippen LogP contribution in [0.4, 0.5) is 5.69 Å². The van der Waals surface area contributed by atoms with Crippen LogP contribution in [0, 0.1) is 0 Å². The second kappa shape index (κ2) is 7.08. The van der Waals surface area contributed by atoms with Gasteiger partial charge in [-0.25, -0.2) is 13.1 Å². The van der Waals surface area contributed by atoms with E-state index in [4.69, 9.17) is 20.9 Å². The number of hydrogen-bond acceptors (Lipinski definition) is 6. The molecule has 5 N–H and O–H groups in total. The second-order valence-electron chi connectivity index (χ2n) is 3.82. The minimum atomic E-state index is -3.74. The molecule has 0 aromatic heterocycles. The third-order valence-corrected chi connectivity index (χ3v) is 3.82. The highest BCUT2D eigenvalue weighted by molar-refractivity contribution is 7.89. The molecule has 0 unspecified atom stereocenters. The quantitative estimate of drug-likeness (QED) is 0.419. The van der Waals surface area contributed by atoms with Gasteiger partial charge in [0.15, 0.2) is 0 Å². The molecule has 1 amide bonds. The molecule has 1 aromatic carbocycles. The van der Waals surface area contributed by atoms with Crippen molar-refractivity contribution < 1.29 is 22.7 Å². The van der Waals surface area contributed by atoms with Crippen LogP contribution in [0.2, 0.25) is 0 Å². The maximum atomic E-state index is 12.0. The number of primary amides is 1. The number of sulfonamides is 1. The molecule has 9 heteroatoms. The Bertz CT molecular complexity index is 573. The Morgan fingerprint density at radius 3 is 2.65 bits per heavy atom. The number of methoxy groups -OCH3 is 1. The van der Waals surface area contributed by atoms with Crippen molar-refractivity contribution in [2.75, 3.05) is 32.6 Å². The van der Waals surface area contributed by atoms with Crippen molar-refractivity contribution in [3.63, 3.8) is 0 Å². The number of anilines is 1. The minimum absolute atomic E-state index is 0.00107. The predicted octanol–water partition coefficient (Wildman–Crippen LogP) is -0.942. The van der Waals surface area contributed by atoms with E-state index in [9.17, 15) is 13.2 Å². The van der Waals surface area contributed by atoms with Gasteiger partial charge in [0.1, 0.15) is 17.3 Å². The van der Waals surface area contributed by atoms with Crippen LogP contribution < -0.4 is 20.9 Å². The number of benzene rings is 1. The van der Waals surface area contributed by atoms with Crippen LogP contribution in [0.1, 0.15) is 0 Å². The lowest BCUT2D eigenvalue weighted by molar-refractivity contribution is -0.122. The lowest BCUT2D eigenvalue weighted by Gasteiger charge is -2.10. The molecule has 8 nitrogen and oxygen atoms in total. The smallest absolute Gasteiger partial charge is 0.243 e. The van der Waals surface area contributed by atoms with Crippen molar-refractivity contribution in [1.82, 2.24) is 4.72 Å². The molecule has 1 aromatic rings. The maximum Gasteiger partial charge on any atom is 0.243 e.